The van der Waals surface area contributed by atoms with Crippen LogP contribution in [0.2, 0.25) is 0 Å². The number of furan rings is 1. The Labute approximate surface area is 200 Å². The summed E-state index contributed by atoms with van der Waals surface area (Å²) in [5, 5.41) is 3.04. The zero-order valence-electron chi connectivity index (χ0n) is 18.0. The monoisotopic (exact) mass is 503 g/mol. The smallest absolute Gasteiger partial charge is 0.275 e. The van der Waals surface area contributed by atoms with Gasteiger partial charge in [-0.05, 0) is 61.0 Å². The molecule has 0 aliphatic carbocycles. The van der Waals surface area contributed by atoms with Gasteiger partial charge in [-0.3, -0.25) is 14.5 Å². The van der Waals surface area contributed by atoms with Crippen LogP contribution in [0.25, 0.3) is 11.5 Å². The average Bonchev–Trinajstić information content (AvgIpc) is 3.49. The Morgan fingerprint density at radius 3 is 2.42 bits per heavy atom. The van der Waals surface area contributed by atoms with Crippen molar-refractivity contribution in [3.05, 3.63) is 101 Å². The number of hydrogen-bond acceptors (Lipinski definition) is 3. The second-order valence-electron chi connectivity index (χ2n) is 8.23. The fourth-order valence-corrected chi connectivity index (χ4v) is 4.58. The first-order chi connectivity index (χ1) is 16.0. The normalized spacial score (nSPS) is 17.6. The lowest BCUT2D eigenvalue weighted by Gasteiger charge is -2.44. The molecule has 2 aromatic heterocycles. The Balaban J connectivity index is 1.56. The number of carbonyl (C=O) groups excluding carboxylic acids is 2. The molecule has 2 aromatic carbocycles. The number of anilines is 1. The highest BCUT2D eigenvalue weighted by Crippen LogP contribution is 2.36. The molecule has 6 nitrogen and oxygen atoms in total. The molecular weight excluding hydrogens is 482 g/mol. The van der Waals surface area contributed by atoms with E-state index in [0.717, 1.165) is 15.7 Å². The molecule has 0 saturated heterocycles. The second kappa shape index (κ2) is 8.41. The molecule has 1 unspecified atom stereocenters. The average molecular weight is 504 g/mol. The molecule has 1 N–H and O–H groups in total. The fourth-order valence-electron chi connectivity index (χ4n) is 4.32. The number of fused-ring (bicyclic) bond motifs is 1. The zero-order valence-corrected chi connectivity index (χ0v) is 19.6. The van der Waals surface area contributed by atoms with Crippen molar-refractivity contribution in [1.82, 2.24) is 9.88 Å². The maximum Gasteiger partial charge on any atom is 0.275 e. The molecule has 2 amide bonds. The minimum Gasteiger partial charge on any atom is -0.463 e. The number of carbonyl (C=O) groups is 2. The number of rotatable bonds is 5. The van der Waals surface area contributed by atoms with Crippen LogP contribution in [-0.2, 0) is 17.9 Å². The Kier molecular flexibility index (Phi) is 5.42. The molecular formula is C26H22BrN3O3. The van der Waals surface area contributed by atoms with Crippen LogP contribution in [0, 0.1) is 0 Å². The summed E-state index contributed by atoms with van der Waals surface area (Å²) < 4.78 is 8.36. The number of amides is 2. The minimum atomic E-state index is -1.16. The summed E-state index contributed by atoms with van der Waals surface area (Å²) in [5.74, 6) is 0.185. The topological polar surface area (TPSA) is 67.5 Å². The molecule has 0 fully saturated rings. The zero-order chi connectivity index (χ0) is 23.0. The van der Waals surface area contributed by atoms with Crippen LogP contribution < -0.4 is 10.2 Å². The molecule has 166 valence electrons. The van der Waals surface area contributed by atoms with Crippen molar-refractivity contribution in [2.75, 3.05) is 4.90 Å². The van der Waals surface area contributed by atoms with Crippen LogP contribution in [-0.4, -0.2) is 21.9 Å². The number of nitrogens with one attached hydrogen (secondary N) is 1. The van der Waals surface area contributed by atoms with Gasteiger partial charge in [0.05, 0.1) is 18.5 Å². The summed E-state index contributed by atoms with van der Waals surface area (Å²) in [7, 11) is 0. The predicted molar refractivity (Wildman–Crippen MR) is 130 cm³/mol. The standard InChI is InChI=1S/C26H22BrN3O3/c1-26(25(32)28-16-18-6-3-2-4-7-18)17-29-21(23-8-5-15-33-23)13-14-22(29)24(31)30(26)20-11-9-19(27)10-12-20/h2-15H,16-17H2,1H3,(H,28,32). The lowest BCUT2D eigenvalue weighted by atomic mass is 9.93. The Morgan fingerprint density at radius 1 is 1.00 bits per heavy atom. The lowest BCUT2D eigenvalue weighted by molar-refractivity contribution is -0.126. The molecule has 0 bridgehead atoms. The summed E-state index contributed by atoms with van der Waals surface area (Å²) in [5.41, 5.74) is 1.77. The molecule has 1 aliphatic rings. The molecule has 0 radical (unpaired) electrons. The fraction of sp³-hybridized carbons (Fsp3) is 0.154. The van der Waals surface area contributed by atoms with Crippen molar-refractivity contribution in [2.45, 2.75) is 25.6 Å². The van der Waals surface area contributed by atoms with E-state index in [4.69, 9.17) is 4.42 Å². The van der Waals surface area contributed by atoms with Crippen molar-refractivity contribution < 1.29 is 14.0 Å². The van der Waals surface area contributed by atoms with Crippen molar-refractivity contribution in [3.63, 3.8) is 0 Å². The van der Waals surface area contributed by atoms with Crippen LogP contribution in [0.15, 0.2) is 94.0 Å². The van der Waals surface area contributed by atoms with E-state index in [2.05, 4.69) is 21.2 Å². The molecule has 0 saturated carbocycles. The van der Waals surface area contributed by atoms with Gasteiger partial charge in [-0.15, -0.1) is 0 Å². The SMILES string of the molecule is CC1(C(=O)NCc2ccccc2)Cn2c(ccc2-c2ccco2)C(=O)N1c1ccc(Br)cc1. The van der Waals surface area contributed by atoms with Gasteiger partial charge in [0, 0.05) is 16.7 Å². The van der Waals surface area contributed by atoms with Crippen LogP contribution in [0.5, 0.6) is 0 Å². The first-order valence-corrected chi connectivity index (χ1v) is 11.4. The quantitative estimate of drug-likeness (QED) is 0.404. The lowest BCUT2D eigenvalue weighted by Crippen LogP contribution is -2.64. The largest absolute Gasteiger partial charge is 0.463 e. The van der Waals surface area contributed by atoms with Crippen molar-refractivity contribution in [2.24, 2.45) is 0 Å². The molecule has 4 aromatic rings. The molecule has 7 heteroatoms. The number of benzene rings is 2. The number of nitrogens with zero attached hydrogens (tertiary/aromatic N) is 2. The molecule has 3 heterocycles. The third kappa shape index (κ3) is 3.78. The second-order valence-corrected chi connectivity index (χ2v) is 9.14. The highest BCUT2D eigenvalue weighted by molar-refractivity contribution is 9.10. The highest BCUT2D eigenvalue weighted by Gasteiger charge is 2.48. The van der Waals surface area contributed by atoms with Gasteiger partial charge in [0.1, 0.15) is 17.0 Å². The van der Waals surface area contributed by atoms with E-state index in [1.807, 2.05) is 78.2 Å². The number of aromatic nitrogens is 1. The van der Waals surface area contributed by atoms with Gasteiger partial charge < -0.3 is 14.3 Å². The molecule has 5 rings (SSSR count). The van der Waals surface area contributed by atoms with Crippen LogP contribution in [0.4, 0.5) is 5.69 Å². The third-order valence-electron chi connectivity index (χ3n) is 6.01. The van der Waals surface area contributed by atoms with Gasteiger partial charge in [-0.1, -0.05) is 46.3 Å². The molecule has 1 aliphatic heterocycles. The van der Waals surface area contributed by atoms with Gasteiger partial charge in [-0.2, -0.15) is 0 Å². The first-order valence-electron chi connectivity index (χ1n) is 10.6. The van der Waals surface area contributed by atoms with Crippen LogP contribution in [0.3, 0.4) is 0 Å². The van der Waals surface area contributed by atoms with Gasteiger partial charge >= 0.3 is 0 Å². The van der Waals surface area contributed by atoms with Crippen molar-refractivity contribution in [1.29, 1.82) is 0 Å². The summed E-state index contributed by atoms with van der Waals surface area (Å²) in [6, 6.07) is 24.4. The molecule has 0 spiro atoms. The summed E-state index contributed by atoms with van der Waals surface area (Å²) in [6.45, 7) is 2.47. The maximum atomic E-state index is 13.8. The Bertz CT molecular complexity index is 1300. The van der Waals surface area contributed by atoms with Crippen molar-refractivity contribution in [3.8, 4) is 11.5 Å². The van der Waals surface area contributed by atoms with Gasteiger partial charge in [-0.25, -0.2) is 0 Å². The van der Waals surface area contributed by atoms with Gasteiger partial charge in [0.15, 0.2) is 0 Å². The van der Waals surface area contributed by atoms with Gasteiger partial charge in [0.25, 0.3) is 5.91 Å². The maximum absolute atomic E-state index is 13.8. The van der Waals surface area contributed by atoms with E-state index in [1.54, 1.807) is 23.3 Å². The van der Waals surface area contributed by atoms with Crippen molar-refractivity contribution >= 4 is 33.4 Å². The molecule has 33 heavy (non-hydrogen) atoms. The van der Waals surface area contributed by atoms with E-state index in [0.29, 0.717) is 23.7 Å². The summed E-state index contributed by atoms with van der Waals surface area (Å²) in [6.07, 6.45) is 1.60. The number of halogens is 1. The minimum absolute atomic E-state index is 0.229. The van der Waals surface area contributed by atoms with E-state index in [-0.39, 0.29) is 18.4 Å². The first kappa shape index (κ1) is 21.3. The predicted octanol–water partition coefficient (Wildman–Crippen LogP) is 5.25. The Morgan fingerprint density at radius 2 is 1.73 bits per heavy atom. The Hall–Kier alpha value is -3.58. The third-order valence-corrected chi connectivity index (χ3v) is 6.53. The van der Waals surface area contributed by atoms with Crippen LogP contribution >= 0.6 is 15.9 Å². The van der Waals surface area contributed by atoms with E-state index < -0.39 is 5.54 Å². The van der Waals surface area contributed by atoms with Gasteiger partial charge in [0.2, 0.25) is 5.91 Å². The van der Waals surface area contributed by atoms with Crippen LogP contribution in [0.1, 0.15) is 23.0 Å². The summed E-state index contributed by atoms with van der Waals surface area (Å²) in [4.78, 5) is 29.0. The summed E-state index contributed by atoms with van der Waals surface area (Å²) >= 11 is 3.45. The van der Waals surface area contributed by atoms with E-state index in [1.165, 1.54) is 0 Å². The molecule has 1 atom stereocenters. The number of hydrogen-bond donors (Lipinski definition) is 1. The van der Waals surface area contributed by atoms with E-state index in [9.17, 15) is 9.59 Å². The van der Waals surface area contributed by atoms with E-state index >= 15 is 0 Å². The highest BCUT2D eigenvalue weighted by atomic mass is 79.9.